The maximum atomic E-state index is 13.4. The summed E-state index contributed by atoms with van der Waals surface area (Å²) in [6.07, 6.45) is 3.46. The highest BCUT2D eigenvalue weighted by Crippen LogP contribution is 2.28. The van der Waals surface area contributed by atoms with E-state index in [0.29, 0.717) is 17.3 Å². The molecule has 0 spiro atoms. The van der Waals surface area contributed by atoms with Crippen molar-refractivity contribution in [2.75, 3.05) is 17.6 Å². The van der Waals surface area contributed by atoms with E-state index >= 15 is 0 Å². The molecule has 24 heavy (non-hydrogen) atoms. The van der Waals surface area contributed by atoms with E-state index in [1.165, 1.54) is 19.3 Å². The van der Waals surface area contributed by atoms with Crippen molar-refractivity contribution in [2.45, 2.75) is 39.2 Å². The molecule has 9 heteroatoms. The van der Waals surface area contributed by atoms with Crippen molar-refractivity contribution in [1.82, 2.24) is 19.7 Å². The lowest BCUT2D eigenvalue weighted by atomic mass is 10.2. The number of hydrogen-bond acceptors (Lipinski definition) is 6. The van der Waals surface area contributed by atoms with E-state index in [2.05, 4.69) is 27.3 Å². The van der Waals surface area contributed by atoms with Gasteiger partial charge in [-0.2, -0.15) is 18.9 Å². The van der Waals surface area contributed by atoms with E-state index in [9.17, 15) is 8.78 Å². The lowest BCUT2D eigenvalue weighted by molar-refractivity contribution is 0.00883. The Bertz CT molecular complexity index is 683. The van der Waals surface area contributed by atoms with Gasteiger partial charge in [0.2, 0.25) is 5.95 Å². The Morgan fingerprint density at radius 1 is 1.42 bits per heavy atom. The number of aromatic nitrogens is 4. The zero-order valence-corrected chi connectivity index (χ0v) is 14.0. The molecule has 0 aliphatic heterocycles. The number of nitrogen functional groups attached to an aromatic ring is 1. The number of halogens is 2. The fraction of sp³-hybridized carbons (Fsp3) is 0.533. The molecular weight excluding hydrogens is 318 g/mol. The van der Waals surface area contributed by atoms with Crippen LogP contribution in [0.3, 0.4) is 0 Å². The van der Waals surface area contributed by atoms with E-state index in [1.54, 1.807) is 0 Å². The fourth-order valence-corrected chi connectivity index (χ4v) is 2.16. The molecule has 0 bridgehead atoms. The molecule has 0 atom stereocenters. The number of nitrogens with one attached hydrogen (secondary N) is 1. The largest absolute Gasteiger partial charge is 0.482 e. The van der Waals surface area contributed by atoms with Crippen molar-refractivity contribution in [3.8, 4) is 5.75 Å². The zero-order chi connectivity index (χ0) is 17.7. The van der Waals surface area contributed by atoms with Gasteiger partial charge in [-0.25, -0.2) is 4.98 Å². The summed E-state index contributed by atoms with van der Waals surface area (Å²) in [6, 6.07) is 1.32. The maximum absolute atomic E-state index is 13.4. The molecule has 0 saturated carbocycles. The topological polar surface area (TPSA) is 90.9 Å². The second kappa shape index (κ2) is 7.41. The molecule has 0 aromatic carbocycles. The highest BCUT2D eigenvalue weighted by atomic mass is 19.3. The number of hydrogen-bond donors (Lipinski definition) is 2. The first-order valence-corrected chi connectivity index (χ1v) is 7.71. The van der Waals surface area contributed by atoms with Crippen molar-refractivity contribution < 1.29 is 13.5 Å². The lowest BCUT2D eigenvalue weighted by Gasteiger charge is -2.11. The second-order valence-corrected chi connectivity index (χ2v) is 5.54. The summed E-state index contributed by atoms with van der Waals surface area (Å²) in [5, 5.41) is 7.17. The third kappa shape index (κ3) is 4.53. The number of aryl methyl sites for hydroxylation is 1. The second-order valence-electron chi connectivity index (χ2n) is 5.54. The van der Waals surface area contributed by atoms with Crippen LogP contribution in [0.1, 0.15) is 38.1 Å². The van der Waals surface area contributed by atoms with Gasteiger partial charge in [0.25, 0.3) is 5.92 Å². The van der Waals surface area contributed by atoms with Crippen LogP contribution >= 0.6 is 0 Å². The summed E-state index contributed by atoms with van der Waals surface area (Å²) in [4.78, 5) is 8.00. The van der Waals surface area contributed by atoms with Crippen LogP contribution < -0.4 is 15.8 Å². The molecule has 0 unspecified atom stereocenters. The molecule has 2 heterocycles. The SMILES string of the molecule is CCCCNc1nc(N)ncc1OCc1cc(C(C)(F)F)n(C)n1. The van der Waals surface area contributed by atoms with Gasteiger partial charge in [-0.1, -0.05) is 13.3 Å². The average Bonchev–Trinajstić information content (AvgIpc) is 2.88. The molecule has 7 nitrogen and oxygen atoms in total. The molecule has 0 saturated heterocycles. The van der Waals surface area contributed by atoms with Gasteiger partial charge in [0.15, 0.2) is 11.6 Å². The Kier molecular flexibility index (Phi) is 5.53. The van der Waals surface area contributed by atoms with Crippen LogP contribution in [-0.4, -0.2) is 26.3 Å². The van der Waals surface area contributed by atoms with Crippen LogP contribution in [0, 0.1) is 0 Å². The Hall–Kier alpha value is -2.45. The summed E-state index contributed by atoms with van der Waals surface area (Å²) in [5.74, 6) is -1.95. The van der Waals surface area contributed by atoms with Crippen LogP contribution in [0.15, 0.2) is 12.3 Å². The van der Waals surface area contributed by atoms with Crippen molar-refractivity contribution in [2.24, 2.45) is 7.05 Å². The molecule has 0 aliphatic carbocycles. The summed E-state index contributed by atoms with van der Waals surface area (Å²) in [7, 11) is 1.47. The molecule has 0 radical (unpaired) electrons. The molecule has 0 amide bonds. The molecule has 2 aromatic heterocycles. The van der Waals surface area contributed by atoms with Crippen molar-refractivity contribution in [3.05, 3.63) is 23.7 Å². The van der Waals surface area contributed by atoms with Crippen LogP contribution in [0.5, 0.6) is 5.75 Å². The van der Waals surface area contributed by atoms with E-state index in [-0.39, 0.29) is 18.2 Å². The minimum Gasteiger partial charge on any atom is -0.482 e. The quantitative estimate of drug-likeness (QED) is 0.718. The number of nitrogens with two attached hydrogens (primary N) is 1. The van der Waals surface area contributed by atoms with Crippen LogP contribution in [0.2, 0.25) is 0 Å². The number of rotatable bonds is 8. The Labute approximate surface area is 139 Å². The predicted octanol–water partition coefficient (Wildman–Crippen LogP) is 2.70. The van der Waals surface area contributed by atoms with Gasteiger partial charge >= 0.3 is 0 Å². The van der Waals surface area contributed by atoms with Crippen molar-refractivity contribution in [1.29, 1.82) is 0 Å². The predicted molar refractivity (Wildman–Crippen MR) is 87.0 cm³/mol. The highest BCUT2D eigenvalue weighted by molar-refractivity contribution is 5.51. The van der Waals surface area contributed by atoms with Crippen molar-refractivity contribution in [3.63, 3.8) is 0 Å². The van der Waals surface area contributed by atoms with E-state index in [0.717, 1.165) is 31.0 Å². The summed E-state index contributed by atoms with van der Waals surface area (Å²) >= 11 is 0. The molecule has 132 valence electrons. The lowest BCUT2D eigenvalue weighted by Crippen LogP contribution is -2.12. The molecule has 2 aromatic rings. The Morgan fingerprint density at radius 3 is 2.79 bits per heavy atom. The minimum atomic E-state index is -2.96. The molecule has 0 aliphatic rings. The van der Waals surface area contributed by atoms with E-state index in [4.69, 9.17) is 10.5 Å². The Balaban J connectivity index is 2.09. The fourth-order valence-electron chi connectivity index (χ4n) is 2.16. The number of anilines is 2. The maximum Gasteiger partial charge on any atom is 0.286 e. The minimum absolute atomic E-state index is 0.0274. The van der Waals surface area contributed by atoms with E-state index < -0.39 is 5.92 Å². The summed E-state index contributed by atoms with van der Waals surface area (Å²) in [5.41, 5.74) is 5.82. The number of unbranched alkanes of at least 4 members (excludes halogenated alkanes) is 1. The molecule has 2 rings (SSSR count). The van der Waals surface area contributed by atoms with Gasteiger partial charge in [-0.05, 0) is 12.5 Å². The highest BCUT2D eigenvalue weighted by Gasteiger charge is 2.29. The Morgan fingerprint density at radius 2 is 2.17 bits per heavy atom. The summed E-state index contributed by atoms with van der Waals surface area (Å²) < 4.78 is 33.6. The molecular formula is C15H22F2N6O. The summed E-state index contributed by atoms with van der Waals surface area (Å²) in [6.45, 7) is 3.66. The molecule has 3 N–H and O–H groups in total. The van der Waals surface area contributed by atoms with Gasteiger partial charge in [-0.3, -0.25) is 4.68 Å². The number of alkyl halides is 2. The van der Waals surface area contributed by atoms with Gasteiger partial charge < -0.3 is 15.8 Å². The smallest absolute Gasteiger partial charge is 0.286 e. The number of nitrogens with zero attached hydrogens (tertiary/aromatic N) is 4. The first-order valence-electron chi connectivity index (χ1n) is 7.71. The third-order valence-electron chi connectivity index (χ3n) is 3.35. The number of ether oxygens (including phenoxy) is 1. The monoisotopic (exact) mass is 340 g/mol. The van der Waals surface area contributed by atoms with Crippen LogP contribution in [0.4, 0.5) is 20.5 Å². The van der Waals surface area contributed by atoms with Crippen molar-refractivity contribution >= 4 is 11.8 Å². The van der Waals surface area contributed by atoms with Gasteiger partial charge in [-0.15, -0.1) is 0 Å². The van der Waals surface area contributed by atoms with E-state index in [1.807, 2.05) is 0 Å². The standard InChI is InChI=1S/C15H22F2N6O/c1-4-5-6-19-13-11(8-20-14(18)21-13)24-9-10-7-12(15(2,16)17)23(3)22-10/h7-8H,4-6,9H2,1-3H3,(H3,18,19,20,21). The zero-order valence-electron chi connectivity index (χ0n) is 14.0. The first-order chi connectivity index (χ1) is 11.3. The normalized spacial score (nSPS) is 11.5. The van der Waals surface area contributed by atoms with Gasteiger partial charge in [0, 0.05) is 20.5 Å². The average molecular weight is 340 g/mol. The first kappa shape index (κ1) is 17.9. The van der Waals surface area contributed by atoms with Crippen LogP contribution in [0.25, 0.3) is 0 Å². The van der Waals surface area contributed by atoms with Gasteiger partial charge in [0.05, 0.1) is 6.20 Å². The van der Waals surface area contributed by atoms with Crippen LogP contribution in [-0.2, 0) is 19.6 Å². The van der Waals surface area contributed by atoms with Gasteiger partial charge in [0.1, 0.15) is 18.0 Å². The third-order valence-corrected chi connectivity index (χ3v) is 3.35. The molecule has 0 fully saturated rings.